The first-order valence-corrected chi connectivity index (χ1v) is 19.3. The third-order valence-corrected chi connectivity index (χ3v) is 11.4. The van der Waals surface area contributed by atoms with E-state index in [4.69, 9.17) is 18.9 Å². The molecule has 276 valence electrons. The number of rotatable bonds is 15. The van der Waals surface area contributed by atoms with Gasteiger partial charge >= 0.3 is 5.97 Å². The first-order valence-electron chi connectivity index (χ1n) is 17.7. The molecule has 1 aromatic heterocycles. The van der Waals surface area contributed by atoms with Gasteiger partial charge in [0.1, 0.15) is 11.5 Å². The minimum atomic E-state index is -0.375. The van der Waals surface area contributed by atoms with Crippen LogP contribution in [0.3, 0.4) is 0 Å². The average Bonchev–Trinajstić information content (AvgIpc) is 3.77. The zero-order valence-electron chi connectivity index (χ0n) is 30.7. The van der Waals surface area contributed by atoms with Crippen molar-refractivity contribution < 1.29 is 33.3 Å². The molecule has 2 aliphatic rings. The second-order valence-corrected chi connectivity index (χ2v) is 17.5. The standard InChI is InChI=1S/C39H51N3O7S2/c1-26-19-31(46-6)30(36(45)42-15-17-47-18-16-42)20-32(26)50-34-23-40-37(51-34)41-35(44)28-11-13-29(14-12-28)49-33(43)22-39(4,5)25-48-24-38(2,3)21-27-9-7-8-10-27/h11-14,19-20,23,27H,7-10,15-18,21-22,24-25H2,1-6H3,(H,40,41,44). The second kappa shape index (κ2) is 17.4. The number of ether oxygens (including phenoxy) is 4. The number of nitrogens with zero attached hydrogens (tertiary/aromatic N) is 2. The molecule has 0 bridgehead atoms. The van der Waals surface area contributed by atoms with Crippen LogP contribution < -0.4 is 14.8 Å². The number of esters is 1. The molecule has 2 fully saturated rings. The third-order valence-electron chi connectivity index (χ3n) is 9.21. The second-order valence-electron chi connectivity index (χ2n) is 15.1. The van der Waals surface area contributed by atoms with Crippen molar-refractivity contribution in [1.82, 2.24) is 9.88 Å². The van der Waals surface area contributed by atoms with Crippen LogP contribution in [0.4, 0.5) is 5.13 Å². The average molecular weight is 738 g/mol. The molecule has 1 aliphatic carbocycles. The van der Waals surface area contributed by atoms with E-state index in [0.29, 0.717) is 67.3 Å². The highest BCUT2D eigenvalue weighted by atomic mass is 32.2. The number of aryl methyl sites for hydroxylation is 1. The highest BCUT2D eigenvalue weighted by Gasteiger charge is 2.29. The van der Waals surface area contributed by atoms with Crippen LogP contribution in [0, 0.1) is 23.7 Å². The van der Waals surface area contributed by atoms with Gasteiger partial charge < -0.3 is 23.8 Å². The smallest absolute Gasteiger partial charge is 0.311 e. The number of benzene rings is 2. The number of carbonyl (C=O) groups excluding carboxylic acids is 3. The molecule has 0 atom stereocenters. The lowest BCUT2D eigenvalue weighted by Crippen LogP contribution is -2.40. The van der Waals surface area contributed by atoms with E-state index >= 15 is 0 Å². The molecule has 1 saturated heterocycles. The van der Waals surface area contributed by atoms with Crippen LogP contribution in [-0.4, -0.2) is 74.3 Å². The van der Waals surface area contributed by atoms with E-state index in [0.717, 1.165) is 20.6 Å². The Morgan fingerprint density at radius 3 is 2.39 bits per heavy atom. The summed E-state index contributed by atoms with van der Waals surface area (Å²) in [4.78, 5) is 46.2. The number of anilines is 1. The SMILES string of the molecule is COc1cc(C)c(Sc2cnc(NC(=O)c3ccc(OC(=O)CC(C)(C)COCC(C)(C)CC4CCCC4)cc3)s2)cc1C(=O)N1CCOCC1. The van der Waals surface area contributed by atoms with E-state index in [1.165, 1.54) is 55.2 Å². The summed E-state index contributed by atoms with van der Waals surface area (Å²) in [7, 11) is 1.56. The first kappa shape index (κ1) is 38.8. The topological polar surface area (TPSA) is 116 Å². The predicted octanol–water partition coefficient (Wildman–Crippen LogP) is 8.28. The van der Waals surface area contributed by atoms with Crippen LogP contribution in [0.5, 0.6) is 11.5 Å². The number of methoxy groups -OCH3 is 1. The fraction of sp³-hybridized carbons (Fsp3) is 0.538. The van der Waals surface area contributed by atoms with Gasteiger partial charge in [-0.1, -0.05) is 76.5 Å². The van der Waals surface area contributed by atoms with Crippen molar-refractivity contribution >= 4 is 46.0 Å². The summed E-state index contributed by atoms with van der Waals surface area (Å²) >= 11 is 2.81. The van der Waals surface area contributed by atoms with E-state index in [1.54, 1.807) is 42.5 Å². The van der Waals surface area contributed by atoms with Gasteiger partial charge in [0.05, 0.1) is 55.9 Å². The van der Waals surface area contributed by atoms with Crippen LogP contribution in [0.15, 0.2) is 51.7 Å². The van der Waals surface area contributed by atoms with Crippen molar-refractivity contribution in [1.29, 1.82) is 0 Å². The summed E-state index contributed by atoms with van der Waals surface area (Å²) < 4.78 is 23.5. The Kier molecular flexibility index (Phi) is 13.2. The van der Waals surface area contributed by atoms with Crippen molar-refractivity contribution in [3.8, 4) is 11.5 Å². The molecule has 5 rings (SSSR count). The van der Waals surface area contributed by atoms with Gasteiger partial charge in [-0.3, -0.25) is 19.7 Å². The molecule has 2 aromatic carbocycles. The van der Waals surface area contributed by atoms with Crippen molar-refractivity contribution in [2.75, 3.05) is 51.9 Å². The van der Waals surface area contributed by atoms with E-state index in [2.05, 4.69) is 24.1 Å². The van der Waals surface area contributed by atoms with Gasteiger partial charge in [0, 0.05) is 23.5 Å². The summed E-state index contributed by atoms with van der Waals surface area (Å²) in [6.07, 6.45) is 8.43. The lowest BCUT2D eigenvalue weighted by Gasteiger charge is -2.30. The number of aromatic nitrogens is 1. The van der Waals surface area contributed by atoms with Crippen molar-refractivity contribution in [2.45, 2.75) is 82.2 Å². The number of hydrogen-bond acceptors (Lipinski definition) is 10. The van der Waals surface area contributed by atoms with Crippen molar-refractivity contribution in [3.05, 3.63) is 59.3 Å². The summed E-state index contributed by atoms with van der Waals surface area (Å²) in [5.41, 5.74) is 1.61. The molecule has 10 nitrogen and oxygen atoms in total. The van der Waals surface area contributed by atoms with Gasteiger partial charge in [-0.25, -0.2) is 4.98 Å². The summed E-state index contributed by atoms with van der Waals surface area (Å²) in [6, 6.07) is 10.2. The van der Waals surface area contributed by atoms with E-state index in [1.807, 2.05) is 32.9 Å². The van der Waals surface area contributed by atoms with Crippen LogP contribution in [0.1, 0.15) is 92.5 Å². The Hall–Kier alpha value is -3.45. The van der Waals surface area contributed by atoms with Crippen molar-refractivity contribution in [2.24, 2.45) is 16.7 Å². The number of carbonyl (C=O) groups is 3. The zero-order chi connectivity index (χ0) is 36.6. The van der Waals surface area contributed by atoms with Gasteiger partial charge in [0.2, 0.25) is 0 Å². The maximum absolute atomic E-state index is 13.3. The highest BCUT2D eigenvalue weighted by molar-refractivity contribution is 8.01. The van der Waals surface area contributed by atoms with Gasteiger partial charge in [-0.05, 0) is 72.1 Å². The van der Waals surface area contributed by atoms with E-state index in [9.17, 15) is 14.4 Å². The fourth-order valence-electron chi connectivity index (χ4n) is 6.63. The van der Waals surface area contributed by atoms with Crippen LogP contribution in [-0.2, 0) is 14.3 Å². The lowest BCUT2D eigenvalue weighted by molar-refractivity contribution is -0.137. The van der Waals surface area contributed by atoms with Gasteiger partial charge in [-0.2, -0.15) is 0 Å². The number of amides is 2. The van der Waals surface area contributed by atoms with Crippen molar-refractivity contribution in [3.63, 3.8) is 0 Å². The fourth-order valence-corrected chi connectivity index (χ4v) is 8.57. The zero-order valence-corrected chi connectivity index (χ0v) is 32.3. The molecule has 0 spiro atoms. The molecule has 3 aromatic rings. The monoisotopic (exact) mass is 737 g/mol. The van der Waals surface area contributed by atoms with Crippen LogP contribution in [0.25, 0.3) is 0 Å². The minimum absolute atomic E-state index is 0.0900. The number of nitrogens with one attached hydrogen (secondary N) is 1. The quantitative estimate of drug-likeness (QED) is 0.122. The molecule has 2 amide bonds. The van der Waals surface area contributed by atoms with Gasteiger partial charge in [-0.15, -0.1) is 0 Å². The van der Waals surface area contributed by atoms with Gasteiger partial charge in [0.25, 0.3) is 11.8 Å². The Bertz CT molecular complexity index is 1660. The molecular weight excluding hydrogens is 687 g/mol. The highest BCUT2D eigenvalue weighted by Crippen LogP contribution is 2.39. The number of thiazole rings is 1. The molecule has 1 saturated carbocycles. The molecule has 2 heterocycles. The van der Waals surface area contributed by atoms with Crippen LogP contribution >= 0.6 is 23.1 Å². The first-order chi connectivity index (χ1) is 24.3. The summed E-state index contributed by atoms with van der Waals surface area (Å²) in [5.74, 6) is 0.950. The predicted molar refractivity (Wildman–Crippen MR) is 200 cm³/mol. The lowest BCUT2D eigenvalue weighted by atomic mass is 9.82. The number of hydrogen-bond donors (Lipinski definition) is 1. The Labute approximate surface area is 310 Å². The number of morpholine rings is 1. The molecule has 0 unspecified atom stereocenters. The molecule has 1 aliphatic heterocycles. The Balaban J connectivity index is 1.10. The van der Waals surface area contributed by atoms with E-state index < -0.39 is 0 Å². The molecule has 1 N–H and O–H groups in total. The summed E-state index contributed by atoms with van der Waals surface area (Å²) in [5, 5.41) is 3.30. The molecule has 51 heavy (non-hydrogen) atoms. The largest absolute Gasteiger partial charge is 0.496 e. The maximum atomic E-state index is 13.3. The minimum Gasteiger partial charge on any atom is -0.496 e. The molecular formula is C39H51N3O7S2. The Morgan fingerprint density at radius 1 is 1.02 bits per heavy atom. The van der Waals surface area contributed by atoms with E-state index in [-0.39, 0.29) is 35.0 Å². The molecule has 0 radical (unpaired) electrons. The third kappa shape index (κ3) is 11.3. The van der Waals surface area contributed by atoms with Crippen LogP contribution in [0.2, 0.25) is 0 Å². The van der Waals surface area contributed by atoms with Gasteiger partial charge in [0.15, 0.2) is 5.13 Å². The summed E-state index contributed by atoms with van der Waals surface area (Å²) in [6.45, 7) is 13.8. The maximum Gasteiger partial charge on any atom is 0.311 e. The normalized spacial score (nSPS) is 15.5. The molecule has 12 heteroatoms. The Morgan fingerprint density at radius 2 is 1.71 bits per heavy atom.